The molecular formula is BiO4PZn+2. The summed E-state index contributed by atoms with van der Waals surface area (Å²) in [5, 5.41) is 0. The number of hydrogen-bond donors (Lipinski definition) is 0. The molecule has 0 aliphatic rings. The smallest absolute Gasteiger partial charge is 0.822 e. The molecule has 7 heavy (non-hydrogen) atoms. The Labute approximate surface area is 72.4 Å². The normalized spacial score (nSPS) is 8.43. The minimum absolute atomic E-state index is 0. The van der Waals surface area contributed by atoms with Gasteiger partial charge in [-0.1, -0.05) is 0 Å². The first-order chi connectivity index (χ1) is 2.00. The second kappa shape index (κ2) is 5.75. The third-order valence-electron chi connectivity index (χ3n) is 0. The van der Waals surface area contributed by atoms with E-state index in [2.05, 4.69) is 0 Å². The van der Waals surface area contributed by atoms with E-state index < -0.39 is 7.82 Å². The summed E-state index contributed by atoms with van der Waals surface area (Å²) in [4.78, 5) is 25.6. The molecule has 34 valence electrons. The van der Waals surface area contributed by atoms with E-state index in [0.717, 1.165) is 0 Å². The molecule has 0 aliphatic carbocycles. The quantitative estimate of drug-likeness (QED) is 0.332. The fourth-order valence-corrected chi connectivity index (χ4v) is 0. The second-order valence-corrected chi connectivity index (χ2v) is 1.34. The van der Waals surface area contributed by atoms with E-state index in [1.807, 2.05) is 0 Å². The van der Waals surface area contributed by atoms with Crippen molar-refractivity contribution in [2.75, 3.05) is 0 Å². The first-order valence-corrected chi connectivity index (χ1v) is 2.19. The van der Waals surface area contributed by atoms with Crippen LogP contribution in [0.15, 0.2) is 0 Å². The maximum atomic E-state index is 8.55. The van der Waals surface area contributed by atoms with Gasteiger partial charge in [-0.2, -0.15) is 7.82 Å². The Morgan fingerprint density at radius 1 is 1.14 bits per heavy atom. The molecule has 0 aliphatic heterocycles. The van der Waals surface area contributed by atoms with Crippen LogP contribution in [-0.4, -0.2) is 26.2 Å². The van der Waals surface area contributed by atoms with E-state index in [9.17, 15) is 0 Å². The van der Waals surface area contributed by atoms with E-state index in [1.165, 1.54) is 0 Å². The molecule has 2 radical (unpaired) electrons. The predicted molar refractivity (Wildman–Crippen MR) is 13.4 cm³/mol. The standard InChI is InChI=1S/Bi.H3O4P.Zn/c;1-5(2,3)4;/h;(H3,1,2,3,4);/q+3;;+2/p-3. The van der Waals surface area contributed by atoms with Gasteiger partial charge in [0.25, 0.3) is 0 Å². The molecule has 7 heteroatoms. The van der Waals surface area contributed by atoms with Gasteiger partial charge in [-0.05, 0) is 0 Å². The van der Waals surface area contributed by atoms with Gasteiger partial charge in [-0.15, -0.1) is 0 Å². The third-order valence-corrected chi connectivity index (χ3v) is 0. The van der Waals surface area contributed by atoms with Gasteiger partial charge in [-0.3, -0.25) is 0 Å². The molecule has 0 spiro atoms. The molecule has 0 amide bonds. The maximum Gasteiger partial charge on any atom is 3.00 e. The van der Waals surface area contributed by atoms with Gasteiger partial charge in [-0.25, -0.2) is 0 Å². The fraction of sp³-hybridized carbons (Fsp3) is 0. The summed E-state index contributed by atoms with van der Waals surface area (Å²) in [5.41, 5.74) is 0. The second-order valence-electron chi connectivity index (χ2n) is 0.447. The topological polar surface area (TPSA) is 86.2 Å². The van der Waals surface area contributed by atoms with Crippen molar-refractivity contribution in [3.05, 3.63) is 0 Å². The van der Waals surface area contributed by atoms with Crippen LogP contribution in [0.1, 0.15) is 0 Å². The Kier molecular flexibility index (Phi) is 13.0. The summed E-state index contributed by atoms with van der Waals surface area (Å²) in [5.74, 6) is 0. The van der Waals surface area contributed by atoms with Gasteiger partial charge >= 0.3 is 45.7 Å². The molecule has 0 fully saturated rings. The van der Waals surface area contributed by atoms with Crippen LogP contribution < -0.4 is 14.7 Å². The zero-order valence-corrected chi connectivity index (χ0v) is 10.6. The summed E-state index contributed by atoms with van der Waals surface area (Å²) >= 11 is 0. The molecule has 4 nitrogen and oxygen atoms in total. The molecule has 0 aromatic heterocycles. The predicted octanol–water partition coefficient (Wildman–Crippen LogP) is -3.21. The summed E-state index contributed by atoms with van der Waals surface area (Å²) in [7, 11) is -5.39. The Hall–Kier alpha value is 1.62. The first-order valence-electron chi connectivity index (χ1n) is 0.730. The summed E-state index contributed by atoms with van der Waals surface area (Å²) in [6.07, 6.45) is 0. The molecule has 0 aromatic carbocycles. The maximum absolute atomic E-state index is 8.55. The Morgan fingerprint density at radius 3 is 1.14 bits per heavy atom. The minimum Gasteiger partial charge on any atom is -0.822 e. The van der Waals surface area contributed by atoms with Crippen LogP contribution in [0.2, 0.25) is 0 Å². The van der Waals surface area contributed by atoms with E-state index in [1.54, 1.807) is 0 Å². The molecule has 0 heterocycles. The van der Waals surface area contributed by atoms with Crippen molar-refractivity contribution < 1.29 is 38.7 Å². The molecule has 0 bridgehead atoms. The van der Waals surface area contributed by atoms with Crippen molar-refractivity contribution in [3.8, 4) is 0 Å². The SMILES string of the molecule is O=P([O-])([O-])[O-].[Bi+3].[Zn+2]. The van der Waals surface area contributed by atoms with E-state index in [-0.39, 0.29) is 45.7 Å². The molecule has 0 atom stereocenters. The largest absolute Gasteiger partial charge is 3.00 e. The van der Waals surface area contributed by atoms with Gasteiger partial charge in [0, 0.05) is 0 Å². The molecule has 0 saturated heterocycles. The zero-order chi connectivity index (χ0) is 4.50. The third kappa shape index (κ3) is 91.9. The number of rotatable bonds is 0. The van der Waals surface area contributed by atoms with E-state index >= 15 is 0 Å². The fourth-order valence-electron chi connectivity index (χ4n) is 0. The summed E-state index contributed by atoms with van der Waals surface area (Å²) in [6, 6.07) is 0. The van der Waals surface area contributed by atoms with Gasteiger partial charge in [0.15, 0.2) is 0 Å². The van der Waals surface area contributed by atoms with Crippen LogP contribution in [-0.2, 0) is 24.0 Å². The summed E-state index contributed by atoms with van der Waals surface area (Å²) < 4.78 is 8.55. The average Bonchev–Trinajstić information content (AvgIpc) is 0.722. The van der Waals surface area contributed by atoms with Crippen molar-refractivity contribution in [3.63, 3.8) is 0 Å². The van der Waals surface area contributed by atoms with Crippen molar-refractivity contribution in [2.45, 2.75) is 0 Å². The minimum atomic E-state index is -5.39. The molecule has 0 saturated carbocycles. The van der Waals surface area contributed by atoms with Gasteiger partial charge in [0.05, 0.1) is 0 Å². The molecule has 0 unspecified atom stereocenters. The summed E-state index contributed by atoms with van der Waals surface area (Å²) in [6.45, 7) is 0. The monoisotopic (exact) mass is 368 g/mol. The number of phosphoric acid groups is 1. The van der Waals surface area contributed by atoms with Gasteiger partial charge in [0.2, 0.25) is 0 Å². The van der Waals surface area contributed by atoms with Crippen LogP contribution in [0.5, 0.6) is 0 Å². The molecular weight excluding hydrogens is 369 g/mol. The molecule has 0 N–H and O–H groups in total. The van der Waals surface area contributed by atoms with Crippen LogP contribution >= 0.6 is 7.82 Å². The van der Waals surface area contributed by atoms with Crippen molar-refractivity contribution in [1.29, 1.82) is 0 Å². The van der Waals surface area contributed by atoms with Crippen molar-refractivity contribution >= 4 is 34.0 Å². The molecule has 0 rings (SSSR count). The van der Waals surface area contributed by atoms with Crippen LogP contribution in [0.3, 0.4) is 0 Å². The average molecular weight is 369 g/mol. The van der Waals surface area contributed by atoms with Crippen LogP contribution in [0.4, 0.5) is 0 Å². The van der Waals surface area contributed by atoms with Crippen molar-refractivity contribution in [1.82, 2.24) is 0 Å². The Bertz CT molecular complexity index is 57.8. The zero-order valence-electron chi connectivity index (χ0n) is 3.23. The van der Waals surface area contributed by atoms with E-state index in [0.29, 0.717) is 0 Å². The van der Waals surface area contributed by atoms with Gasteiger partial charge < -0.3 is 19.2 Å². The Morgan fingerprint density at radius 2 is 1.14 bits per heavy atom. The van der Waals surface area contributed by atoms with Crippen LogP contribution in [0.25, 0.3) is 0 Å². The number of hydrogen-bond acceptors (Lipinski definition) is 4. The Balaban J connectivity index is -0.0000000800. The van der Waals surface area contributed by atoms with E-state index in [4.69, 9.17) is 19.2 Å². The van der Waals surface area contributed by atoms with Gasteiger partial charge in [0.1, 0.15) is 0 Å². The molecule has 0 aromatic rings. The van der Waals surface area contributed by atoms with Crippen LogP contribution in [0, 0.1) is 0 Å². The first kappa shape index (κ1) is 15.8. The van der Waals surface area contributed by atoms with Crippen molar-refractivity contribution in [2.24, 2.45) is 0 Å².